The highest BCUT2D eigenvalue weighted by atomic mass is 35.5. The van der Waals surface area contributed by atoms with E-state index in [0.717, 1.165) is 5.56 Å². The zero-order valence-electron chi connectivity index (χ0n) is 12.1. The second-order valence-corrected chi connectivity index (χ2v) is 5.34. The Balaban J connectivity index is 1.76. The molecule has 0 bridgehead atoms. The first kappa shape index (κ1) is 15.6. The molecular formula is C16H12Cl2N2O3. The van der Waals surface area contributed by atoms with E-state index < -0.39 is 0 Å². The number of hydrogen-bond acceptors (Lipinski definition) is 5. The summed E-state index contributed by atoms with van der Waals surface area (Å²) < 4.78 is 16.0. The Morgan fingerprint density at radius 2 is 1.83 bits per heavy atom. The van der Waals surface area contributed by atoms with E-state index in [4.69, 9.17) is 37.2 Å². The van der Waals surface area contributed by atoms with Crippen LogP contribution in [0, 0.1) is 0 Å². The lowest BCUT2D eigenvalue weighted by atomic mass is 10.2. The van der Waals surface area contributed by atoms with Gasteiger partial charge >= 0.3 is 0 Å². The van der Waals surface area contributed by atoms with Gasteiger partial charge in [0.1, 0.15) is 16.5 Å². The summed E-state index contributed by atoms with van der Waals surface area (Å²) in [6.07, 6.45) is 0. The Bertz CT molecular complexity index is 821. The molecule has 3 aromatic rings. The van der Waals surface area contributed by atoms with Crippen LogP contribution < -0.4 is 9.47 Å². The predicted molar refractivity (Wildman–Crippen MR) is 87.1 cm³/mol. The lowest BCUT2D eigenvalue weighted by Crippen LogP contribution is -1.96. The molecule has 0 saturated carbocycles. The molecule has 0 N–H and O–H groups in total. The van der Waals surface area contributed by atoms with Gasteiger partial charge in [-0.15, -0.1) is 0 Å². The number of aromatic nitrogens is 2. The molecule has 118 valence electrons. The van der Waals surface area contributed by atoms with Gasteiger partial charge < -0.3 is 14.0 Å². The van der Waals surface area contributed by atoms with Gasteiger partial charge in [-0.3, -0.25) is 0 Å². The maximum Gasteiger partial charge on any atom is 0.264 e. The normalized spacial score (nSPS) is 10.6. The van der Waals surface area contributed by atoms with E-state index in [9.17, 15) is 0 Å². The summed E-state index contributed by atoms with van der Waals surface area (Å²) in [6.45, 7) is 0.0855. The number of methoxy groups -OCH3 is 1. The Morgan fingerprint density at radius 1 is 1.04 bits per heavy atom. The summed E-state index contributed by atoms with van der Waals surface area (Å²) in [4.78, 5) is 4.30. The minimum absolute atomic E-state index is 0.0855. The van der Waals surface area contributed by atoms with Gasteiger partial charge in [0.15, 0.2) is 6.61 Å². The second kappa shape index (κ2) is 6.89. The van der Waals surface area contributed by atoms with Crippen LogP contribution in [0.25, 0.3) is 11.4 Å². The molecule has 2 aromatic carbocycles. The molecule has 0 radical (unpaired) electrons. The highest BCUT2D eigenvalue weighted by Gasteiger charge is 2.14. The Kier molecular flexibility index (Phi) is 4.69. The number of halogens is 2. The van der Waals surface area contributed by atoms with Crippen molar-refractivity contribution in [2.45, 2.75) is 6.61 Å². The molecule has 0 aliphatic heterocycles. The van der Waals surface area contributed by atoms with E-state index in [1.807, 2.05) is 24.3 Å². The van der Waals surface area contributed by atoms with Gasteiger partial charge in [-0.25, -0.2) is 0 Å². The number of benzene rings is 2. The van der Waals surface area contributed by atoms with E-state index >= 15 is 0 Å². The first-order valence-corrected chi connectivity index (χ1v) is 7.47. The maximum absolute atomic E-state index is 6.06. The summed E-state index contributed by atoms with van der Waals surface area (Å²) in [5, 5.41) is 4.71. The van der Waals surface area contributed by atoms with E-state index in [2.05, 4.69) is 10.1 Å². The van der Waals surface area contributed by atoms with Gasteiger partial charge in [0, 0.05) is 0 Å². The number of nitrogens with zero attached hydrogens (tertiary/aromatic N) is 2. The minimum Gasteiger partial charge on any atom is -0.496 e. The van der Waals surface area contributed by atoms with E-state index in [1.165, 1.54) is 0 Å². The van der Waals surface area contributed by atoms with Gasteiger partial charge in [-0.1, -0.05) is 46.6 Å². The highest BCUT2D eigenvalue weighted by molar-refractivity contribution is 6.42. The third-order valence-corrected chi connectivity index (χ3v) is 3.88. The molecular weight excluding hydrogens is 339 g/mol. The fraction of sp³-hybridized carbons (Fsp3) is 0.125. The number of rotatable bonds is 5. The van der Waals surface area contributed by atoms with Crippen molar-refractivity contribution in [1.82, 2.24) is 10.1 Å². The third-order valence-electron chi connectivity index (χ3n) is 3.08. The zero-order valence-corrected chi connectivity index (χ0v) is 13.6. The Hall–Kier alpha value is -2.24. The summed E-state index contributed by atoms with van der Waals surface area (Å²) in [6, 6.07) is 12.6. The summed E-state index contributed by atoms with van der Waals surface area (Å²) in [7, 11) is 1.59. The van der Waals surface area contributed by atoms with Crippen molar-refractivity contribution in [3.05, 3.63) is 58.4 Å². The molecule has 0 saturated heterocycles. The molecule has 5 nitrogen and oxygen atoms in total. The fourth-order valence-electron chi connectivity index (χ4n) is 1.99. The van der Waals surface area contributed by atoms with E-state index in [0.29, 0.717) is 33.3 Å². The van der Waals surface area contributed by atoms with Crippen LogP contribution in [-0.2, 0) is 6.61 Å². The summed E-state index contributed by atoms with van der Waals surface area (Å²) >= 11 is 12.0. The molecule has 0 aliphatic carbocycles. The van der Waals surface area contributed by atoms with Crippen molar-refractivity contribution in [2.75, 3.05) is 7.11 Å². The van der Waals surface area contributed by atoms with Crippen LogP contribution >= 0.6 is 23.2 Å². The zero-order chi connectivity index (χ0) is 16.2. The lowest BCUT2D eigenvalue weighted by Gasteiger charge is -2.06. The molecule has 0 aliphatic rings. The number of ether oxygens (including phenoxy) is 2. The first-order valence-electron chi connectivity index (χ1n) is 6.72. The molecule has 0 amide bonds. The number of hydrogen-bond donors (Lipinski definition) is 0. The van der Waals surface area contributed by atoms with Gasteiger partial charge in [0.2, 0.25) is 5.82 Å². The SMILES string of the molecule is COc1ccccc1-c1noc(COc2cccc(Cl)c2Cl)n1. The van der Waals surface area contributed by atoms with Crippen molar-refractivity contribution >= 4 is 23.2 Å². The number of para-hydroxylation sites is 1. The third kappa shape index (κ3) is 3.41. The van der Waals surface area contributed by atoms with Crippen LogP contribution in [0.2, 0.25) is 10.0 Å². The smallest absolute Gasteiger partial charge is 0.264 e. The highest BCUT2D eigenvalue weighted by Crippen LogP contribution is 2.32. The lowest BCUT2D eigenvalue weighted by molar-refractivity contribution is 0.243. The van der Waals surface area contributed by atoms with Gasteiger partial charge in [-0.2, -0.15) is 4.98 Å². The van der Waals surface area contributed by atoms with Gasteiger partial charge in [0.25, 0.3) is 5.89 Å². The molecule has 0 spiro atoms. The van der Waals surface area contributed by atoms with Crippen molar-refractivity contribution < 1.29 is 14.0 Å². The van der Waals surface area contributed by atoms with Crippen LogP contribution in [0.4, 0.5) is 0 Å². The van der Waals surface area contributed by atoms with Crippen LogP contribution in [0.3, 0.4) is 0 Å². The van der Waals surface area contributed by atoms with E-state index in [-0.39, 0.29) is 6.61 Å². The largest absolute Gasteiger partial charge is 0.496 e. The van der Waals surface area contributed by atoms with Crippen LogP contribution in [0.5, 0.6) is 11.5 Å². The van der Waals surface area contributed by atoms with Crippen LogP contribution in [0.1, 0.15) is 5.89 Å². The predicted octanol–water partition coefficient (Wildman–Crippen LogP) is 4.63. The Morgan fingerprint density at radius 3 is 2.65 bits per heavy atom. The molecule has 1 aromatic heterocycles. The van der Waals surface area contributed by atoms with E-state index in [1.54, 1.807) is 25.3 Å². The van der Waals surface area contributed by atoms with Crippen molar-refractivity contribution in [3.63, 3.8) is 0 Å². The van der Waals surface area contributed by atoms with Crippen molar-refractivity contribution in [1.29, 1.82) is 0 Å². The standard InChI is InChI=1S/C16H12Cl2N2O3/c1-21-12-7-3-2-5-10(12)16-19-14(23-20-16)9-22-13-8-4-6-11(17)15(13)18/h2-8H,9H2,1H3. The van der Waals surface area contributed by atoms with Crippen molar-refractivity contribution in [3.8, 4) is 22.9 Å². The monoisotopic (exact) mass is 350 g/mol. The quantitative estimate of drug-likeness (QED) is 0.671. The average molecular weight is 351 g/mol. The minimum atomic E-state index is 0.0855. The first-order chi connectivity index (χ1) is 11.2. The van der Waals surface area contributed by atoms with Crippen LogP contribution in [0.15, 0.2) is 47.0 Å². The Labute approximate surface area is 142 Å². The maximum atomic E-state index is 6.06. The molecule has 1 heterocycles. The molecule has 7 heteroatoms. The molecule has 3 rings (SSSR count). The van der Waals surface area contributed by atoms with Gasteiger partial charge in [-0.05, 0) is 24.3 Å². The summed E-state index contributed by atoms with van der Waals surface area (Å²) in [5.41, 5.74) is 0.741. The molecule has 0 unspecified atom stereocenters. The van der Waals surface area contributed by atoms with Crippen LogP contribution in [-0.4, -0.2) is 17.3 Å². The van der Waals surface area contributed by atoms with Crippen molar-refractivity contribution in [2.24, 2.45) is 0 Å². The summed E-state index contributed by atoms with van der Waals surface area (Å²) in [5.74, 6) is 1.87. The topological polar surface area (TPSA) is 57.4 Å². The second-order valence-electron chi connectivity index (χ2n) is 4.55. The average Bonchev–Trinajstić information content (AvgIpc) is 3.05. The fourth-order valence-corrected chi connectivity index (χ4v) is 2.33. The molecule has 23 heavy (non-hydrogen) atoms. The molecule has 0 fully saturated rings. The van der Waals surface area contributed by atoms with Gasteiger partial charge in [0.05, 0.1) is 17.7 Å². The molecule has 0 atom stereocenters.